The SMILES string of the molecule is O=C(CN(Cc1ccccc1)CC(O)[C@H]1CCc2cc(F)ccc2O1)[C@@H]1CCc2cc(F)ccc2O1. The van der Waals surface area contributed by atoms with Crippen molar-refractivity contribution in [1.29, 1.82) is 0 Å². The van der Waals surface area contributed by atoms with E-state index in [4.69, 9.17) is 9.47 Å². The van der Waals surface area contributed by atoms with E-state index in [-0.39, 0.29) is 30.5 Å². The van der Waals surface area contributed by atoms with Crippen LogP contribution in [0.15, 0.2) is 66.7 Å². The maximum Gasteiger partial charge on any atom is 0.187 e. The van der Waals surface area contributed by atoms with Crippen molar-refractivity contribution in [3.63, 3.8) is 0 Å². The Morgan fingerprint density at radius 2 is 1.56 bits per heavy atom. The number of halogens is 2. The van der Waals surface area contributed by atoms with Crippen molar-refractivity contribution in [2.75, 3.05) is 13.1 Å². The number of ketones is 1. The average Bonchev–Trinajstić information content (AvgIpc) is 2.88. The molecule has 3 aromatic carbocycles. The van der Waals surface area contributed by atoms with Crippen molar-refractivity contribution in [2.24, 2.45) is 0 Å². The van der Waals surface area contributed by atoms with Crippen molar-refractivity contribution in [3.8, 4) is 11.5 Å². The summed E-state index contributed by atoms with van der Waals surface area (Å²) in [5, 5.41) is 11.1. The van der Waals surface area contributed by atoms with Crippen LogP contribution in [-0.2, 0) is 24.2 Å². The van der Waals surface area contributed by atoms with E-state index in [1.54, 1.807) is 12.1 Å². The number of Topliss-reactive ketones (excluding diaryl/α,β-unsaturated/α-hetero) is 1. The molecule has 3 atom stereocenters. The topological polar surface area (TPSA) is 59.0 Å². The minimum atomic E-state index is -0.837. The van der Waals surface area contributed by atoms with Gasteiger partial charge in [0.25, 0.3) is 0 Å². The molecule has 0 aliphatic carbocycles. The van der Waals surface area contributed by atoms with Gasteiger partial charge >= 0.3 is 0 Å². The third-order valence-electron chi connectivity index (χ3n) is 6.83. The molecule has 0 aromatic heterocycles. The second-order valence-electron chi connectivity index (χ2n) is 9.53. The smallest absolute Gasteiger partial charge is 0.187 e. The number of hydrogen-bond acceptors (Lipinski definition) is 5. The maximum absolute atomic E-state index is 13.5. The molecule has 2 aliphatic rings. The molecule has 0 spiro atoms. The van der Waals surface area contributed by atoms with Gasteiger partial charge in [-0.3, -0.25) is 9.69 Å². The fraction of sp³-hybridized carbons (Fsp3) is 0.345. The highest BCUT2D eigenvalue weighted by Crippen LogP contribution is 2.30. The van der Waals surface area contributed by atoms with Gasteiger partial charge in [0.1, 0.15) is 35.3 Å². The van der Waals surface area contributed by atoms with Crippen molar-refractivity contribution < 1.29 is 28.2 Å². The Balaban J connectivity index is 1.26. The standard InChI is InChI=1S/C29H29F2NO4/c30-22-8-12-26-20(14-22)6-10-28(35-26)24(33)17-32(16-19-4-2-1-3-5-19)18-25(34)29-11-7-21-15-23(31)9-13-27(21)36-29/h1-5,8-9,12-15,24,28-29,33H,6-7,10-11,16-18H2/t24?,28-,29+/m1/s1. The fourth-order valence-electron chi connectivity index (χ4n) is 4.96. The molecule has 0 radical (unpaired) electrons. The zero-order chi connectivity index (χ0) is 25.1. The molecule has 2 heterocycles. The van der Waals surface area contributed by atoms with Crippen LogP contribution in [0.5, 0.6) is 11.5 Å². The molecule has 0 amide bonds. The summed E-state index contributed by atoms with van der Waals surface area (Å²) in [5.74, 6) is 0.423. The minimum absolute atomic E-state index is 0.0847. The van der Waals surface area contributed by atoms with Crippen LogP contribution in [-0.4, -0.2) is 47.2 Å². The lowest BCUT2D eigenvalue weighted by atomic mass is 9.98. The third-order valence-corrected chi connectivity index (χ3v) is 6.83. The highest BCUT2D eigenvalue weighted by molar-refractivity contribution is 5.85. The van der Waals surface area contributed by atoms with Crippen LogP contribution in [0.2, 0.25) is 0 Å². The lowest BCUT2D eigenvalue weighted by Gasteiger charge is -2.33. The zero-order valence-corrected chi connectivity index (χ0v) is 19.9. The summed E-state index contributed by atoms with van der Waals surface area (Å²) in [6.45, 7) is 0.810. The first kappa shape index (κ1) is 24.4. The minimum Gasteiger partial charge on any atom is -0.487 e. The van der Waals surface area contributed by atoms with E-state index < -0.39 is 18.3 Å². The second-order valence-corrected chi connectivity index (χ2v) is 9.53. The first-order chi connectivity index (χ1) is 17.4. The highest BCUT2D eigenvalue weighted by Gasteiger charge is 2.31. The Hall–Kier alpha value is -3.29. The lowest BCUT2D eigenvalue weighted by molar-refractivity contribution is -0.128. The lowest BCUT2D eigenvalue weighted by Crippen LogP contribution is -2.46. The molecule has 1 unspecified atom stereocenters. The van der Waals surface area contributed by atoms with E-state index in [1.165, 1.54) is 24.3 Å². The molecular formula is C29H29F2NO4. The van der Waals surface area contributed by atoms with Gasteiger partial charge in [-0.2, -0.15) is 0 Å². The number of nitrogens with zero attached hydrogens (tertiary/aromatic N) is 1. The monoisotopic (exact) mass is 493 g/mol. The Morgan fingerprint density at radius 3 is 2.25 bits per heavy atom. The molecule has 0 fully saturated rings. The number of aliphatic hydroxyl groups is 1. The Bertz CT molecular complexity index is 1220. The third kappa shape index (κ3) is 5.74. The summed E-state index contributed by atoms with van der Waals surface area (Å²) in [4.78, 5) is 15.2. The summed E-state index contributed by atoms with van der Waals surface area (Å²) in [6.07, 6.45) is 0.314. The normalized spacial score (nSPS) is 19.6. The molecule has 36 heavy (non-hydrogen) atoms. The van der Waals surface area contributed by atoms with Gasteiger partial charge < -0.3 is 14.6 Å². The van der Waals surface area contributed by atoms with Crippen LogP contribution < -0.4 is 9.47 Å². The number of carbonyl (C=O) groups is 1. The van der Waals surface area contributed by atoms with E-state index in [0.717, 1.165) is 16.7 Å². The molecule has 0 bridgehead atoms. The summed E-state index contributed by atoms with van der Waals surface area (Å²) in [5.41, 5.74) is 2.59. The molecule has 5 nitrogen and oxygen atoms in total. The predicted molar refractivity (Wildman–Crippen MR) is 131 cm³/mol. The highest BCUT2D eigenvalue weighted by atomic mass is 19.1. The van der Waals surface area contributed by atoms with Gasteiger partial charge in [-0.15, -0.1) is 0 Å². The van der Waals surface area contributed by atoms with Gasteiger partial charge in [0, 0.05) is 13.1 Å². The Kier molecular flexibility index (Phi) is 7.30. The maximum atomic E-state index is 13.5. The van der Waals surface area contributed by atoms with Gasteiger partial charge in [0.15, 0.2) is 11.9 Å². The zero-order valence-electron chi connectivity index (χ0n) is 19.9. The summed E-state index contributed by atoms with van der Waals surface area (Å²) in [7, 11) is 0. The average molecular weight is 494 g/mol. The predicted octanol–water partition coefficient (Wildman–Crippen LogP) is 4.48. The largest absolute Gasteiger partial charge is 0.487 e. The quantitative estimate of drug-likeness (QED) is 0.501. The summed E-state index contributed by atoms with van der Waals surface area (Å²) >= 11 is 0. The first-order valence-corrected chi connectivity index (χ1v) is 12.3. The molecule has 1 N–H and O–H groups in total. The molecule has 3 aromatic rings. The van der Waals surface area contributed by atoms with Crippen molar-refractivity contribution in [3.05, 3.63) is 95.1 Å². The van der Waals surface area contributed by atoms with Crippen LogP contribution in [0.1, 0.15) is 29.5 Å². The number of benzene rings is 3. The Labute approximate surface area is 209 Å². The van der Waals surface area contributed by atoms with Crippen LogP contribution in [0.3, 0.4) is 0 Å². The number of rotatable bonds is 8. The fourth-order valence-corrected chi connectivity index (χ4v) is 4.96. The van der Waals surface area contributed by atoms with E-state index in [9.17, 15) is 18.7 Å². The van der Waals surface area contributed by atoms with E-state index in [2.05, 4.69) is 0 Å². The number of fused-ring (bicyclic) bond motifs is 2. The number of hydrogen-bond donors (Lipinski definition) is 1. The summed E-state index contributed by atoms with van der Waals surface area (Å²) < 4.78 is 39.0. The summed E-state index contributed by atoms with van der Waals surface area (Å²) in [6, 6.07) is 18.5. The van der Waals surface area contributed by atoms with Crippen molar-refractivity contribution >= 4 is 5.78 Å². The van der Waals surface area contributed by atoms with Gasteiger partial charge in [-0.1, -0.05) is 30.3 Å². The molecule has 5 rings (SSSR count). The van der Waals surface area contributed by atoms with Crippen LogP contribution in [0.4, 0.5) is 8.78 Å². The first-order valence-electron chi connectivity index (χ1n) is 12.3. The molecule has 7 heteroatoms. The number of carbonyl (C=O) groups excluding carboxylic acids is 1. The number of ether oxygens (including phenoxy) is 2. The molecular weight excluding hydrogens is 464 g/mol. The van der Waals surface area contributed by atoms with Gasteiger partial charge in [-0.25, -0.2) is 8.78 Å². The second kappa shape index (κ2) is 10.8. The number of aryl methyl sites for hydroxylation is 2. The van der Waals surface area contributed by atoms with Gasteiger partial charge in [-0.05, 0) is 78.8 Å². The van der Waals surface area contributed by atoms with Crippen LogP contribution >= 0.6 is 0 Å². The van der Waals surface area contributed by atoms with Gasteiger partial charge in [0.05, 0.1) is 6.54 Å². The van der Waals surface area contributed by atoms with E-state index in [0.29, 0.717) is 43.7 Å². The van der Waals surface area contributed by atoms with E-state index >= 15 is 0 Å². The van der Waals surface area contributed by atoms with Crippen LogP contribution in [0.25, 0.3) is 0 Å². The Morgan fingerprint density at radius 1 is 0.917 bits per heavy atom. The molecule has 0 saturated heterocycles. The van der Waals surface area contributed by atoms with Crippen LogP contribution in [0, 0.1) is 11.6 Å². The molecule has 0 saturated carbocycles. The van der Waals surface area contributed by atoms with Gasteiger partial charge in [0.2, 0.25) is 0 Å². The molecule has 2 aliphatic heterocycles. The molecule has 188 valence electrons. The van der Waals surface area contributed by atoms with E-state index in [1.807, 2.05) is 35.2 Å². The van der Waals surface area contributed by atoms with Crippen molar-refractivity contribution in [1.82, 2.24) is 4.90 Å². The van der Waals surface area contributed by atoms with Crippen molar-refractivity contribution in [2.45, 2.75) is 50.5 Å². The number of aliphatic hydroxyl groups excluding tert-OH is 1.